The van der Waals surface area contributed by atoms with Gasteiger partial charge in [0, 0.05) is 22.0 Å². The maximum atomic E-state index is 12.4. The van der Waals surface area contributed by atoms with Crippen molar-refractivity contribution in [2.45, 2.75) is 24.7 Å². The van der Waals surface area contributed by atoms with Gasteiger partial charge in [-0.25, -0.2) is 5.43 Å². The summed E-state index contributed by atoms with van der Waals surface area (Å²) in [6.45, 7) is 2.20. The highest BCUT2D eigenvalue weighted by Crippen LogP contribution is 2.29. The topological polar surface area (TPSA) is 63.6 Å². The highest BCUT2D eigenvalue weighted by Gasteiger charge is 2.21. The van der Waals surface area contributed by atoms with E-state index in [2.05, 4.69) is 28.5 Å². The molecule has 1 aromatic heterocycles. The van der Waals surface area contributed by atoms with E-state index in [1.165, 1.54) is 17.3 Å². The standard InChI is InChI=1S/C23H23N3O2S/c1-15-11-17-13-18(28-2)8-9-19(17)20(12-15)25-26-22(27)14-29-21-7-3-5-16-6-4-10-24-23(16)21/h3-10,13,15H,11-12,14H2,1-2H3,(H,26,27). The number of hydrazone groups is 1. The number of methoxy groups -OCH3 is 1. The Hall–Kier alpha value is -2.86. The fourth-order valence-electron chi connectivity index (χ4n) is 3.64. The van der Waals surface area contributed by atoms with Crippen LogP contribution in [0.25, 0.3) is 10.9 Å². The van der Waals surface area contributed by atoms with E-state index in [9.17, 15) is 4.79 Å². The van der Waals surface area contributed by atoms with Gasteiger partial charge in [-0.1, -0.05) is 25.1 Å². The van der Waals surface area contributed by atoms with Crippen molar-refractivity contribution in [1.29, 1.82) is 0 Å². The number of fused-ring (bicyclic) bond motifs is 2. The van der Waals surface area contributed by atoms with E-state index >= 15 is 0 Å². The second-order valence-corrected chi connectivity index (χ2v) is 8.27. The molecule has 1 heterocycles. The molecule has 5 nitrogen and oxygen atoms in total. The third kappa shape index (κ3) is 4.43. The molecular formula is C23H23N3O2S. The van der Waals surface area contributed by atoms with Gasteiger partial charge in [0.25, 0.3) is 0 Å². The van der Waals surface area contributed by atoms with E-state index in [0.29, 0.717) is 5.92 Å². The molecule has 1 aliphatic rings. The zero-order valence-electron chi connectivity index (χ0n) is 16.5. The van der Waals surface area contributed by atoms with Crippen LogP contribution in [0.5, 0.6) is 5.75 Å². The molecule has 0 fully saturated rings. The number of hydrogen-bond donors (Lipinski definition) is 1. The van der Waals surface area contributed by atoms with Crippen molar-refractivity contribution in [3.8, 4) is 5.75 Å². The Labute approximate surface area is 174 Å². The molecule has 1 N–H and O–H groups in total. The van der Waals surface area contributed by atoms with Crippen LogP contribution in [0.1, 0.15) is 24.5 Å². The van der Waals surface area contributed by atoms with E-state index in [1.54, 1.807) is 13.3 Å². The lowest BCUT2D eigenvalue weighted by atomic mass is 9.83. The number of ether oxygens (including phenoxy) is 1. The normalized spacial score (nSPS) is 17.2. The summed E-state index contributed by atoms with van der Waals surface area (Å²) in [6.07, 6.45) is 3.61. The minimum Gasteiger partial charge on any atom is -0.497 e. The quantitative estimate of drug-likeness (QED) is 0.504. The predicted octanol–water partition coefficient (Wildman–Crippen LogP) is 4.44. The maximum Gasteiger partial charge on any atom is 0.250 e. The minimum absolute atomic E-state index is 0.122. The Balaban J connectivity index is 1.45. The van der Waals surface area contributed by atoms with Crippen molar-refractivity contribution in [3.05, 3.63) is 65.9 Å². The average molecular weight is 406 g/mol. The molecule has 3 aromatic rings. The van der Waals surface area contributed by atoms with Gasteiger partial charge in [0.05, 0.1) is 24.1 Å². The van der Waals surface area contributed by atoms with Gasteiger partial charge in [-0.3, -0.25) is 9.78 Å². The molecule has 1 atom stereocenters. The monoisotopic (exact) mass is 405 g/mol. The third-order valence-electron chi connectivity index (χ3n) is 5.00. The number of rotatable bonds is 5. The minimum atomic E-state index is -0.122. The number of pyridine rings is 1. The summed E-state index contributed by atoms with van der Waals surface area (Å²) < 4.78 is 5.34. The molecule has 29 heavy (non-hydrogen) atoms. The van der Waals surface area contributed by atoms with Crippen molar-refractivity contribution in [2.24, 2.45) is 11.0 Å². The average Bonchev–Trinajstić information content (AvgIpc) is 2.75. The van der Waals surface area contributed by atoms with Crippen LogP contribution in [0.3, 0.4) is 0 Å². The van der Waals surface area contributed by atoms with Gasteiger partial charge in [0.2, 0.25) is 5.91 Å². The number of thioether (sulfide) groups is 1. The second-order valence-electron chi connectivity index (χ2n) is 7.25. The van der Waals surface area contributed by atoms with Crippen LogP contribution >= 0.6 is 11.8 Å². The van der Waals surface area contributed by atoms with Gasteiger partial charge in [-0.15, -0.1) is 11.8 Å². The maximum absolute atomic E-state index is 12.4. The Morgan fingerprint density at radius 1 is 1.24 bits per heavy atom. The lowest BCUT2D eigenvalue weighted by Crippen LogP contribution is -2.25. The van der Waals surface area contributed by atoms with Crippen molar-refractivity contribution in [3.63, 3.8) is 0 Å². The van der Waals surface area contributed by atoms with Crippen LogP contribution in [0.4, 0.5) is 0 Å². The SMILES string of the molecule is COc1ccc2c(c1)CC(C)CC2=NNC(=O)CSc1cccc2cccnc12. The second kappa shape index (κ2) is 8.66. The summed E-state index contributed by atoms with van der Waals surface area (Å²) in [6, 6.07) is 16.0. The summed E-state index contributed by atoms with van der Waals surface area (Å²) >= 11 is 1.48. The number of para-hydroxylation sites is 1. The molecule has 4 rings (SSSR count). The first kappa shape index (κ1) is 19.5. The smallest absolute Gasteiger partial charge is 0.250 e. The molecule has 0 radical (unpaired) electrons. The summed E-state index contributed by atoms with van der Waals surface area (Å²) in [4.78, 5) is 17.8. The number of carbonyl (C=O) groups is 1. The Morgan fingerprint density at radius 3 is 2.97 bits per heavy atom. The highest BCUT2D eigenvalue weighted by molar-refractivity contribution is 8.00. The van der Waals surface area contributed by atoms with Crippen molar-refractivity contribution in [1.82, 2.24) is 10.4 Å². The molecule has 1 unspecified atom stereocenters. The van der Waals surface area contributed by atoms with Crippen molar-refractivity contribution in [2.75, 3.05) is 12.9 Å². The lowest BCUT2D eigenvalue weighted by molar-refractivity contribution is -0.118. The van der Waals surface area contributed by atoms with Crippen molar-refractivity contribution < 1.29 is 9.53 Å². The predicted molar refractivity (Wildman–Crippen MR) is 118 cm³/mol. The largest absolute Gasteiger partial charge is 0.497 e. The Kier molecular flexibility index (Phi) is 5.81. The zero-order chi connectivity index (χ0) is 20.2. The molecule has 148 valence electrons. The first-order chi connectivity index (χ1) is 14.1. The number of hydrogen-bond acceptors (Lipinski definition) is 5. The number of amides is 1. The van der Waals surface area contributed by atoms with E-state index in [-0.39, 0.29) is 11.7 Å². The van der Waals surface area contributed by atoms with E-state index in [4.69, 9.17) is 4.74 Å². The van der Waals surface area contributed by atoms with E-state index < -0.39 is 0 Å². The highest BCUT2D eigenvalue weighted by atomic mass is 32.2. The van der Waals surface area contributed by atoms with Gasteiger partial charge in [-0.2, -0.15) is 5.10 Å². The van der Waals surface area contributed by atoms with Crippen LogP contribution in [0.2, 0.25) is 0 Å². The van der Waals surface area contributed by atoms with Gasteiger partial charge >= 0.3 is 0 Å². The molecule has 0 aliphatic heterocycles. The summed E-state index contributed by atoms with van der Waals surface area (Å²) in [5.41, 5.74) is 6.89. The molecule has 0 spiro atoms. The molecule has 1 aliphatic carbocycles. The summed E-state index contributed by atoms with van der Waals surface area (Å²) in [5, 5.41) is 5.52. The van der Waals surface area contributed by atoms with Gasteiger partial charge in [0.1, 0.15) is 5.75 Å². The third-order valence-corrected chi connectivity index (χ3v) is 6.05. The summed E-state index contributed by atoms with van der Waals surface area (Å²) in [5.74, 6) is 1.49. The first-order valence-electron chi connectivity index (χ1n) is 9.63. The van der Waals surface area contributed by atoms with E-state index in [1.807, 2.05) is 42.5 Å². The molecule has 0 saturated heterocycles. The van der Waals surface area contributed by atoms with Crippen LogP contribution in [-0.2, 0) is 11.2 Å². The van der Waals surface area contributed by atoms with Crippen LogP contribution in [0.15, 0.2) is 64.7 Å². The lowest BCUT2D eigenvalue weighted by Gasteiger charge is -2.23. The zero-order valence-corrected chi connectivity index (χ0v) is 17.3. The van der Waals surface area contributed by atoms with Crippen LogP contribution in [-0.4, -0.2) is 29.5 Å². The summed E-state index contributed by atoms with van der Waals surface area (Å²) in [7, 11) is 1.67. The van der Waals surface area contributed by atoms with Crippen LogP contribution < -0.4 is 10.2 Å². The van der Waals surface area contributed by atoms with Crippen LogP contribution in [0, 0.1) is 5.92 Å². The molecule has 0 saturated carbocycles. The fraction of sp³-hybridized carbons (Fsp3) is 0.261. The van der Waals surface area contributed by atoms with E-state index in [0.717, 1.165) is 45.7 Å². The Bertz CT molecular complexity index is 1080. The molecule has 2 aromatic carbocycles. The fourth-order valence-corrected chi connectivity index (χ4v) is 4.47. The molecule has 0 bridgehead atoms. The van der Waals surface area contributed by atoms with Gasteiger partial charge in [0.15, 0.2) is 0 Å². The molecular weight excluding hydrogens is 382 g/mol. The van der Waals surface area contributed by atoms with Gasteiger partial charge in [-0.05, 0) is 54.7 Å². The molecule has 1 amide bonds. The number of aromatic nitrogens is 1. The number of benzene rings is 2. The van der Waals surface area contributed by atoms with Crippen molar-refractivity contribution >= 4 is 34.3 Å². The number of nitrogens with zero attached hydrogens (tertiary/aromatic N) is 2. The Morgan fingerprint density at radius 2 is 2.10 bits per heavy atom. The molecule has 6 heteroatoms. The number of nitrogens with one attached hydrogen (secondary N) is 1. The number of carbonyl (C=O) groups excluding carboxylic acids is 1. The first-order valence-corrected chi connectivity index (χ1v) is 10.6. The van der Waals surface area contributed by atoms with Gasteiger partial charge < -0.3 is 4.74 Å².